The average molecular weight is 516 g/mol. The van der Waals surface area contributed by atoms with Gasteiger partial charge < -0.3 is 29.2 Å². The maximum atomic E-state index is 12.9. The number of nitrogens with two attached hydrogens (primary N) is 1. The van der Waals surface area contributed by atoms with Crippen molar-refractivity contribution in [3.63, 3.8) is 0 Å². The lowest BCUT2D eigenvalue weighted by Crippen LogP contribution is -2.51. The molecule has 0 spiro atoms. The fraction of sp³-hybridized carbons (Fsp3) is 0.600. The molecular formula is C25H33N5O7. The van der Waals surface area contributed by atoms with E-state index in [0.29, 0.717) is 5.39 Å². The second-order valence-corrected chi connectivity index (χ2v) is 10.1. The Kier molecular flexibility index (Phi) is 8.07. The Morgan fingerprint density at radius 3 is 2.30 bits per heavy atom. The first-order valence-electron chi connectivity index (χ1n) is 12.1. The normalized spacial score (nSPS) is 23.4. The summed E-state index contributed by atoms with van der Waals surface area (Å²) < 4.78 is 25.0. The lowest BCUT2D eigenvalue weighted by molar-refractivity contribution is -0.191. The maximum Gasteiger partial charge on any atom is 0.309 e. The van der Waals surface area contributed by atoms with Crippen molar-refractivity contribution < 1.29 is 33.3 Å². The molecule has 4 atom stereocenters. The van der Waals surface area contributed by atoms with E-state index >= 15 is 0 Å². The minimum absolute atomic E-state index is 0.0961. The van der Waals surface area contributed by atoms with Crippen LogP contribution in [0.25, 0.3) is 15.9 Å². The predicted octanol–water partition coefficient (Wildman–Crippen LogP) is 3.19. The highest BCUT2D eigenvalue weighted by Crippen LogP contribution is 2.46. The Hall–Kier alpha value is -3.72. The third-order valence-electron chi connectivity index (χ3n) is 6.06. The molecule has 2 aromatic rings. The molecule has 2 N–H and O–H groups in total. The zero-order valence-electron chi connectivity index (χ0n) is 22.0. The number of hydrogen-bond acceptors (Lipinski definition) is 10. The van der Waals surface area contributed by atoms with E-state index in [1.165, 1.54) is 17.1 Å². The molecule has 3 heterocycles. The molecule has 1 saturated heterocycles. The van der Waals surface area contributed by atoms with E-state index in [2.05, 4.69) is 14.8 Å². The molecule has 0 amide bonds. The molecule has 0 aliphatic carbocycles. The zero-order chi connectivity index (χ0) is 27.7. The van der Waals surface area contributed by atoms with Gasteiger partial charge in [0.05, 0.1) is 29.7 Å². The minimum atomic E-state index is -1.59. The molecule has 0 radical (unpaired) electrons. The minimum Gasteiger partial charge on any atom is -0.463 e. The SMILES string of the molecule is [C-]#[N+]c1cn([C@@H]2O[C@H](COC(=O)C(C)C)[C@@H](OC(=O)C(C)C)[C@@]2(C)OC(=O)C(C)C)c2ncnc(N)c12. The summed E-state index contributed by atoms with van der Waals surface area (Å²) >= 11 is 0. The second kappa shape index (κ2) is 10.7. The quantitative estimate of drug-likeness (QED) is 0.315. The highest BCUT2D eigenvalue weighted by atomic mass is 16.7. The van der Waals surface area contributed by atoms with Gasteiger partial charge in [0, 0.05) is 6.20 Å². The van der Waals surface area contributed by atoms with Gasteiger partial charge in [-0.05, 0) is 6.92 Å². The van der Waals surface area contributed by atoms with Crippen LogP contribution in [0.5, 0.6) is 0 Å². The van der Waals surface area contributed by atoms with Crippen LogP contribution in [0, 0.1) is 24.3 Å². The Morgan fingerprint density at radius 1 is 1.11 bits per heavy atom. The summed E-state index contributed by atoms with van der Waals surface area (Å²) in [6, 6.07) is 0. The zero-order valence-corrected chi connectivity index (χ0v) is 22.0. The highest BCUT2D eigenvalue weighted by Gasteiger charge is 2.60. The lowest BCUT2D eigenvalue weighted by atomic mass is 9.95. The molecule has 0 aromatic carbocycles. The van der Waals surface area contributed by atoms with Gasteiger partial charge in [-0.25, -0.2) is 14.8 Å². The van der Waals surface area contributed by atoms with Crippen LogP contribution >= 0.6 is 0 Å². The van der Waals surface area contributed by atoms with Gasteiger partial charge in [0.15, 0.2) is 17.9 Å². The Balaban J connectivity index is 2.17. The first-order valence-corrected chi connectivity index (χ1v) is 12.1. The first kappa shape index (κ1) is 27.9. The van der Waals surface area contributed by atoms with Gasteiger partial charge >= 0.3 is 17.9 Å². The topological polar surface area (TPSA) is 149 Å². The summed E-state index contributed by atoms with van der Waals surface area (Å²) in [4.78, 5) is 49.6. The number of carbonyl (C=O) groups is 3. The Morgan fingerprint density at radius 2 is 1.73 bits per heavy atom. The first-order chi connectivity index (χ1) is 17.3. The van der Waals surface area contributed by atoms with Gasteiger partial charge in [0.2, 0.25) is 5.69 Å². The molecule has 2 aromatic heterocycles. The van der Waals surface area contributed by atoms with Gasteiger partial charge in [-0.2, -0.15) is 0 Å². The van der Waals surface area contributed by atoms with Crippen molar-refractivity contribution in [2.24, 2.45) is 17.8 Å². The summed E-state index contributed by atoms with van der Waals surface area (Å²) in [7, 11) is 0. The molecule has 3 rings (SSSR count). The van der Waals surface area contributed by atoms with Crippen LogP contribution in [0.4, 0.5) is 11.5 Å². The number of anilines is 1. The summed E-state index contributed by atoms with van der Waals surface area (Å²) in [6.07, 6.45) is -0.544. The number of aromatic nitrogens is 3. The monoisotopic (exact) mass is 515 g/mol. The second-order valence-electron chi connectivity index (χ2n) is 10.1. The van der Waals surface area contributed by atoms with Crippen molar-refractivity contribution in [1.29, 1.82) is 0 Å². The van der Waals surface area contributed by atoms with E-state index in [1.807, 2.05) is 0 Å². The van der Waals surface area contributed by atoms with Crippen molar-refractivity contribution in [2.75, 3.05) is 12.3 Å². The summed E-state index contributed by atoms with van der Waals surface area (Å²) in [6.45, 7) is 19.0. The summed E-state index contributed by atoms with van der Waals surface area (Å²) in [5.74, 6) is -2.87. The molecular weight excluding hydrogens is 482 g/mol. The van der Waals surface area contributed by atoms with Crippen LogP contribution in [-0.2, 0) is 33.3 Å². The fourth-order valence-corrected chi connectivity index (χ4v) is 3.93. The third-order valence-corrected chi connectivity index (χ3v) is 6.06. The van der Waals surface area contributed by atoms with Crippen molar-refractivity contribution >= 4 is 40.4 Å². The molecule has 0 saturated carbocycles. The number of esters is 3. The van der Waals surface area contributed by atoms with Crippen molar-refractivity contribution in [2.45, 2.75) is 72.5 Å². The molecule has 37 heavy (non-hydrogen) atoms. The van der Waals surface area contributed by atoms with Crippen LogP contribution in [-0.4, -0.2) is 56.9 Å². The molecule has 0 bridgehead atoms. The van der Waals surface area contributed by atoms with Crippen LogP contribution < -0.4 is 5.73 Å². The molecule has 200 valence electrons. The van der Waals surface area contributed by atoms with Gasteiger partial charge in [-0.3, -0.25) is 14.4 Å². The highest BCUT2D eigenvalue weighted by molar-refractivity contribution is 5.98. The number of nitrogen functional groups attached to an aromatic ring is 1. The van der Waals surface area contributed by atoms with E-state index < -0.39 is 59.7 Å². The maximum absolute atomic E-state index is 12.9. The number of hydrogen-bond donors (Lipinski definition) is 1. The van der Waals surface area contributed by atoms with Crippen LogP contribution in [0.2, 0.25) is 0 Å². The Labute approximate surface area is 215 Å². The van der Waals surface area contributed by atoms with Gasteiger partial charge in [0.1, 0.15) is 30.5 Å². The average Bonchev–Trinajstić information content (AvgIpc) is 3.33. The van der Waals surface area contributed by atoms with E-state index in [4.69, 9.17) is 31.3 Å². The van der Waals surface area contributed by atoms with Gasteiger partial charge in [-0.15, -0.1) is 0 Å². The predicted molar refractivity (Wildman–Crippen MR) is 132 cm³/mol. The smallest absolute Gasteiger partial charge is 0.309 e. The summed E-state index contributed by atoms with van der Waals surface area (Å²) in [5, 5.41) is 0.309. The standard InChI is InChI=1S/C25H33N5O7/c1-12(2)21(31)34-10-16-18(36-22(32)13(3)4)25(7,37-23(33)14(5)6)24(35-16)30-9-15(27-8)17-19(26)28-11-29-20(17)30/h9,11-14,16,18,24H,10H2,1-7H3,(H2,26,28,29)/t16-,18-,24-,25-/m1/s1. The lowest BCUT2D eigenvalue weighted by Gasteiger charge is -2.35. The Bertz CT molecular complexity index is 1230. The van der Waals surface area contributed by atoms with E-state index in [1.54, 1.807) is 48.5 Å². The van der Waals surface area contributed by atoms with Crippen molar-refractivity contribution in [3.8, 4) is 0 Å². The largest absolute Gasteiger partial charge is 0.463 e. The molecule has 1 aliphatic rings. The molecule has 12 nitrogen and oxygen atoms in total. The number of nitrogens with zero attached hydrogens (tertiary/aromatic N) is 4. The number of carbonyl (C=O) groups excluding carboxylic acids is 3. The van der Waals surface area contributed by atoms with Gasteiger partial charge in [0.25, 0.3) is 0 Å². The van der Waals surface area contributed by atoms with E-state index in [-0.39, 0.29) is 23.8 Å². The van der Waals surface area contributed by atoms with Crippen LogP contribution in [0.15, 0.2) is 12.5 Å². The molecule has 1 fully saturated rings. The molecule has 1 aliphatic heterocycles. The molecule has 12 heteroatoms. The number of fused-ring (bicyclic) bond motifs is 1. The van der Waals surface area contributed by atoms with E-state index in [9.17, 15) is 14.4 Å². The summed E-state index contributed by atoms with van der Waals surface area (Å²) in [5.41, 5.74) is 4.88. The van der Waals surface area contributed by atoms with Crippen LogP contribution in [0.3, 0.4) is 0 Å². The third kappa shape index (κ3) is 5.36. The van der Waals surface area contributed by atoms with Gasteiger partial charge in [-0.1, -0.05) is 41.5 Å². The van der Waals surface area contributed by atoms with E-state index in [0.717, 1.165) is 0 Å². The van der Waals surface area contributed by atoms with Crippen molar-refractivity contribution in [1.82, 2.24) is 14.5 Å². The van der Waals surface area contributed by atoms with Crippen LogP contribution in [0.1, 0.15) is 54.7 Å². The van der Waals surface area contributed by atoms with Crippen molar-refractivity contribution in [3.05, 3.63) is 23.9 Å². The molecule has 0 unspecified atom stereocenters. The number of rotatable bonds is 8. The number of ether oxygens (including phenoxy) is 4. The fourth-order valence-electron chi connectivity index (χ4n) is 3.93.